The highest BCUT2D eigenvalue weighted by Gasteiger charge is 2.66. The van der Waals surface area contributed by atoms with E-state index in [9.17, 15) is 4.39 Å². The number of rotatable bonds is 4. The summed E-state index contributed by atoms with van der Waals surface area (Å²) in [5.41, 5.74) is 1.18. The maximum atomic E-state index is 13.9. The fraction of sp³-hybridized carbons (Fsp3) is 0.625. The first kappa shape index (κ1) is 14.8. The Morgan fingerprint density at radius 1 is 1.26 bits per heavy atom. The first-order chi connectivity index (χ1) is 8.73. The Balaban J connectivity index is 2.22. The van der Waals surface area contributed by atoms with Gasteiger partial charge in [-0.3, -0.25) is 0 Å². The Kier molecular flexibility index (Phi) is 3.70. The van der Waals surface area contributed by atoms with Crippen LogP contribution in [-0.4, -0.2) is 13.1 Å². The lowest BCUT2D eigenvalue weighted by Crippen LogP contribution is -2.32. The maximum absolute atomic E-state index is 13.9. The molecule has 1 fully saturated rings. The normalized spacial score (nSPS) is 22.3. The van der Waals surface area contributed by atoms with Gasteiger partial charge in [0.1, 0.15) is 5.82 Å². The van der Waals surface area contributed by atoms with Crippen molar-refractivity contribution in [3.63, 3.8) is 0 Å². The van der Waals surface area contributed by atoms with Crippen LogP contribution in [0.4, 0.5) is 4.39 Å². The molecule has 0 bridgehead atoms. The number of halogens is 2. The van der Waals surface area contributed by atoms with E-state index in [0.717, 1.165) is 0 Å². The summed E-state index contributed by atoms with van der Waals surface area (Å²) in [4.78, 5) is 0. The van der Waals surface area contributed by atoms with Crippen LogP contribution in [0.2, 0.25) is 5.02 Å². The summed E-state index contributed by atoms with van der Waals surface area (Å²) in [5.74, 6) is 0.324. The van der Waals surface area contributed by atoms with Gasteiger partial charge in [-0.1, -0.05) is 45.4 Å². The van der Waals surface area contributed by atoms with Gasteiger partial charge in [0.15, 0.2) is 0 Å². The maximum Gasteiger partial charge on any atom is 0.127 e. The minimum atomic E-state index is -0.205. The van der Waals surface area contributed by atoms with Gasteiger partial charge in [0.2, 0.25) is 0 Å². The fourth-order valence-electron chi connectivity index (χ4n) is 3.59. The van der Waals surface area contributed by atoms with Crippen molar-refractivity contribution in [1.29, 1.82) is 0 Å². The van der Waals surface area contributed by atoms with Crippen LogP contribution in [0, 0.1) is 22.6 Å². The molecule has 0 radical (unpaired) electrons. The Bertz CT molecular complexity index is 447. The monoisotopic (exact) mass is 283 g/mol. The van der Waals surface area contributed by atoms with Crippen molar-refractivity contribution in [2.75, 3.05) is 7.05 Å². The van der Waals surface area contributed by atoms with Crippen LogP contribution in [-0.2, 0) is 6.42 Å². The lowest BCUT2D eigenvalue weighted by atomic mass is 9.96. The zero-order valence-corrected chi connectivity index (χ0v) is 13.1. The van der Waals surface area contributed by atoms with Crippen molar-refractivity contribution in [2.24, 2.45) is 16.7 Å². The molecule has 1 aromatic rings. The van der Waals surface area contributed by atoms with Crippen molar-refractivity contribution in [3.05, 3.63) is 34.6 Å². The minimum Gasteiger partial charge on any atom is -0.316 e. The minimum absolute atomic E-state index is 0.205. The van der Waals surface area contributed by atoms with Gasteiger partial charge in [-0.05, 0) is 42.3 Å². The van der Waals surface area contributed by atoms with E-state index in [-0.39, 0.29) is 22.7 Å². The molecule has 0 heterocycles. The van der Waals surface area contributed by atoms with Gasteiger partial charge in [-0.15, -0.1) is 0 Å². The molecule has 1 aromatic carbocycles. The highest BCUT2D eigenvalue weighted by molar-refractivity contribution is 6.31. The molecule has 1 N–H and O–H groups in total. The smallest absolute Gasteiger partial charge is 0.127 e. The van der Waals surface area contributed by atoms with Gasteiger partial charge in [-0.2, -0.15) is 0 Å². The molecule has 0 aliphatic heterocycles. The largest absolute Gasteiger partial charge is 0.316 e. The molecule has 106 valence electrons. The van der Waals surface area contributed by atoms with E-state index in [1.54, 1.807) is 12.1 Å². The number of benzene rings is 1. The molecule has 0 amide bonds. The molecule has 2 rings (SSSR count). The molecule has 1 unspecified atom stereocenters. The topological polar surface area (TPSA) is 12.0 Å². The SMILES string of the molecule is CNC(Cc1c(F)cccc1Cl)C1C(C)(C)C1(C)C. The van der Waals surface area contributed by atoms with E-state index in [2.05, 4.69) is 33.0 Å². The summed E-state index contributed by atoms with van der Waals surface area (Å²) in [6.45, 7) is 9.13. The third-order valence-corrected chi connectivity index (χ3v) is 5.75. The molecule has 0 spiro atoms. The second-order valence-corrected chi connectivity index (χ2v) is 7.13. The molecular formula is C16H23ClFN. The lowest BCUT2D eigenvalue weighted by molar-refractivity contribution is 0.415. The second-order valence-electron chi connectivity index (χ2n) is 6.72. The summed E-state index contributed by atoms with van der Waals surface area (Å²) in [7, 11) is 1.95. The molecule has 3 heteroatoms. The van der Waals surface area contributed by atoms with Crippen molar-refractivity contribution in [3.8, 4) is 0 Å². The molecule has 1 aliphatic rings. The van der Waals surface area contributed by atoms with Gasteiger partial charge in [-0.25, -0.2) is 4.39 Å². The average molecular weight is 284 g/mol. The first-order valence-electron chi connectivity index (χ1n) is 6.83. The average Bonchev–Trinajstić information content (AvgIpc) is 2.71. The highest BCUT2D eigenvalue weighted by atomic mass is 35.5. The van der Waals surface area contributed by atoms with Crippen molar-refractivity contribution >= 4 is 11.6 Å². The number of hydrogen-bond donors (Lipinski definition) is 1. The molecule has 1 nitrogen and oxygen atoms in total. The van der Waals surface area contributed by atoms with Crippen LogP contribution in [0.1, 0.15) is 33.3 Å². The van der Waals surface area contributed by atoms with Crippen molar-refractivity contribution < 1.29 is 4.39 Å². The molecular weight excluding hydrogens is 261 g/mol. The van der Waals surface area contributed by atoms with E-state index < -0.39 is 0 Å². The van der Waals surface area contributed by atoms with Crippen LogP contribution in [0.25, 0.3) is 0 Å². The van der Waals surface area contributed by atoms with Crippen molar-refractivity contribution in [2.45, 2.75) is 40.2 Å². The predicted molar refractivity (Wildman–Crippen MR) is 79.0 cm³/mol. The Morgan fingerprint density at radius 2 is 1.84 bits per heavy atom. The summed E-state index contributed by atoms with van der Waals surface area (Å²) < 4.78 is 13.9. The van der Waals surface area contributed by atoms with Gasteiger partial charge in [0.05, 0.1) is 0 Å². The van der Waals surface area contributed by atoms with Gasteiger partial charge < -0.3 is 5.32 Å². The van der Waals surface area contributed by atoms with Gasteiger partial charge >= 0.3 is 0 Å². The number of likely N-dealkylation sites (N-methyl/N-ethyl adjacent to an activating group) is 1. The van der Waals surface area contributed by atoms with E-state index >= 15 is 0 Å². The predicted octanol–water partition coefficient (Wildman–Crippen LogP) is 4.29. The summed E-state index contributed by atoms with van der Waals surface area (Å²) in [5, 5.41) is 3.88. The Labute approximate surface area is 120 Å². The third kappa shape index (κ3) is 2.30. The first-order valence-corrected chi connectivity index (χ1v) is 7.21. The zero-order chi connectivity index (χ0) is 14.4. The van der Waals surface area contributed by atoms with Gasteiger partial charge in [0.25, 0.3) is 0 Å². The summed E-state index contributed by atoms with van der Waals surface area (Å²) in [6, 6.07) is 5.15. The highest BCUT2D eigenvalue weighted by Crippen LogP contribution is 2.69. The fourth-order valence-corrected chi connectivity index (χ4v) is 3.83. The zero-order valence-electron chi connectivity index (χ0n) is 12.3. The summed E-state index contributed by atoms with van der Waals surface area (Å²) in [6.07, 6.45) is 0.638. The van der Waals surface area contributed by atoms with E-state index in [1.165, 1.54) is 6.07 Å². The van der Waals surface area contributed by atoms with Crippen LogP contribution in [0.3, 0.4) is 0 Å². The molecule has 1 saturated carbocycles. The standard InChI is InChI=1S/C16H23ClFN/c1-15(2)14(16(15,3)4)13(19-5)9-10-11(17)7-6-8-12(10)18/h6-8,13-14,19H,9H2,1-5H3. The quantitative estimate of drug-likeness (QED) is 0.869. The number of hydrogen-bond acceptors (Lipinski definition) is 1. The summed E-state index contributed by atoms with van der Waals surface area (Å²) >= 11 is 6.13. The molecule has 1 aliphatic carbocycles. The van der Waals surface area contributed by atoms with Gasteiger partial charge in [0, 0.05) is 16.6 Å². The Morgan fingerprint density at radius 3 is 2.26 bits per heavy atom. The molecule has 0 saturated heterocycles. The van der Waals surface area contributed by atoms with E-state index in [0.29, 0.717) is 22.9 Å². The lowest BCUT2D eigenvalue weighted by Gasteiger charge is -2.19. The molecule has 0 aromatic heterocycles. The molecule has 1 atom stereocenters. The van der Waals surface area contributed by atoms with Crippen LogP contribution >= 0.6 is 11.6 Å². The second kappa shape index (κ2) is 4.75. The van der Waals surface area contributed by atoms with Crippen LogP contribution in [0.15, 0.2) is 18.2 Å². The van der Waals surface area contributed by atoms with E-state index in [4.69, 9.17) is 11.6 Å². The van der Waals surface area contributed by atoms with Crippen LogP contribution in [0.5, 0.6) is 0 Å². The third-order valence-electron chi connectivity index (χ3n) is 5.39. The Hall–Kier alpha value is -0.600. The van der Waals surface area contributed by atoms with E-state index in [1.807, 2.05) is 7.05 Å². The molecule has 19 heavy (non-hydrogen) atoms. The van der Waals surface area contributed by atoms with Crippen LogP contribution < -0.4 is 5.32 Å². The van der Waals surface area contributed by atoms with Crippen molar-refractivity contribution in [1.82, 2.24) is 5.32 Å². The number of nitrogens with one attached hydrogen (secondary N) is 1.